The topological polar surface area (TPSA) is 193 Å². The lowest BCUT2D eigenvalue weighted by molar-refractivity contribution is -0.138. The Bertz CT molecular complexity index is 2130. The van der Waals surface area contributed by atoms with Crippen molar-refractivity contribution >= 4 is 46.1 Å². The molecule has 5 aromatic rings. The molecule has 4 N–H and O–H groups in total. The molecule has 0 aliphatic carbocycles. The maximum Gasteiger partial charge on any atom is 0.407 e. The van der Waals surface area contributed by atoms with Crippen LogP contribution in [0.4, 0.5) is 9.59 Å². The van der Waals surface area contributed by atoms with E-state index in [9.17, 15) is 19.2 Å². The molecular formula is C42H50N8O8. The van der Waals surface area contributed by atoms with E-state index in [2.05, 4.69) is 57.0 Å². The molecule has 6 unspecified atom stereocenters. The zero-order chi connectivity index (χ0) is 41.1. The normalized spacial score (nSPS) is 18.9. The SMILES string of the molecule is COC(=O)NC(C(=O)N1CCCC1c1nc2ccc(-c3ccc(-c4ccc5nc(C6CCCN6C(=O)C(NC(=O)OC)C(C)OC)[nH]c5c4)cc3)cc2[nH]1)C(C)OC. The number of fused-ring (bicyclic) bond motifs is 2. The minimum absolute atomic E-state index is 0.250. The highest BCUT2D eigenvalue weighted by Gasteiger charge is 2.40. The molecule has 58 heavy (non-hydrogen) atoms. The summed E-state index contributed by atoms with van der Waals surface area (Å²) < 4.78 is 20.3. The van der Waals surface area contributed by atoms with E-state index in [1.165, 1.54) is 28.4 Å². The van der Waals surface area contributed by atoms with Crippen LogP contribution >= 0.6 is 0 Å². The van der Waals surface area contributed by atoms with E-state index in [4.69, 9.17) is 28.9 Å². The number of imidazole rings is 2. The zero-order valence-corrected chi connectivity index (χ0v) is 33.5. The van der Waals surface area contributed by atoms with Crippen LogP contribution in [-0.2, 0) is 28.5 Å². The van der Waals surface area contributed by atoms with Crippen LogP contribution in [0.25, 0.3) is 44.3 Å². The van der Waals surface area contributed by atoms with Crippen molar-refractivity contribution in [3.8, 4) is 22.3 Å². The van der Waals surface area contributed by atoms with Gasteiger partial charge in [-0.3, -0.25) is 9.59 Å². The monoisotopic (exact) mass is 794 g/mol. The Hall–Kier alpha value is -6.00. The average Bonchev–Trinajstić information content (AvgIpc) is 4.08. The molecule has 2 aromatic heterocycles. The van der Waals surface area contributed by atoms with Crippen molar-refractivity contribution in [1.29, 1.82) is 0 Å². The number of H-pyrrole nitrogens is 2. The number of benzene rings is 3. The third kappa shape index (κ3) is 8.07. The first kappa shape index (κ1) is 40.2. The van der Waals surface area contributed by atoms with Crippen molar-refractivity contribution in [2.24, 2.45) is 0 Å². The molecule has 0 radical (unpaired) electrons. The van der Waals surface area contributed by atoms with Crippen LogP contribution in [0.2, 0.25) is 0 Å². The van der Waals surface area contributed by atoms with Crippen LogP contribution in [0.1, 0.15) is 63.3 Å². The first-order valence-corrected chi connectivity index (χ1v) is 19.5. The fourth-order valence-electron chi connectivity index (χ4n) is 7.98. The van der Waals surface area contributed by atoms with Gasteiger partial charge in [0.15, 0.2) is 0 Å². The van der Waals surface area contributed by atoms with Crippen molar-refractivity contribution in [3.05, 3.63) is 72.3 Å². The first-order chi connectivity index (χ1) is 28.0. The quantitative estimate of drug-likeness (QED) is 0.123. The summed E-state index contributed by atoms with van der Waals surface area (Å²) in [6, 6.07) is 18.1. The molecule has 0 saturated carbocycles. The number of carbonyl (C=O) groups is 4. The Morgan fingerprint density at radius 2 is 1.00 bits per heavy atom. The number of hydrogen-bond donors (Lipinski definition) is 4. The number of nitrogens with one attached hydrogen (secondary N) is 4. The summed E-state index contributed by atoms with van der Waals surface area (Å²) in [6.07, 6.45) is 0.570. The minimum atomic E-state index is -0.904. The number of aromatic amines is 2. The van der Waals surface area contributed by atoms with Gasteiger partial charge in [0.05, 0.1) is 60.6 Å². The molecular weight excluding hydrogens is 745 g/mol. The van der Waals surface area contributed by atoms with Crippen LogP contribution in [-0.4, -0.2) is 120 Å². The van der Waals surface area contributed by atoms with E-state index in [0.29, 0.717) is 24.7 Å². The van der Waals surface area contributed by atoms with Gasteiger partial charge < -0.3 is 49.3 Å². The summed E-state index contributed by atoms with van der Waals surface area (Å²) in [7, 11) is 5.51. The van der Waals surface area contributed by atoms with E-state index in [-0.39, 0.29) is 23.9 Å². The van der Waals surface area contributed by atoms with Gasteiger partial charge >= 0.3 is 12.2 Å². The van der Waals surface area contributed by atoms with E-state index in [0.717, 1.165) is 70.0 Å². The molecule has 2 fully saturated rings. The van der Waals surface area contributed by atoms with Gasteiger partial charge in [0, 0.05) is 27.3 Å². The number of likely N-dealkylation sites (tertiary alicyclic amines) is 2. The third-order valence-corrected chi connectivity index (χ3v) is 11.4. The molecule has 0 bridgehead atoms. The summed E-state index contributed by atoms with van der Waals surface area (Å²) in [5.74, 6) is 0.890. The van der Waals surface area contributed by atoms with Crippen LogP contribution in [0.5, 0.6) is 0 Å². The number of methoxy groups -OCH3 is 4. The van der Waals surface area contributed by atoms with E-state index < -0.39 is 36.5 Å². The highest BCUT2D eigenvalue weighted by atomic mass is 16.5. The highest BCUT2D eigenvalue weighted by Crippen LogP contribution is 2.36. The van der Waals surface area contributed by atoms with Gasteiger partial charge in [0.25, 0.3) is 0 Å². The van der Waals surface area contributed by atoms with E-state index >= 15 is 0 Å². The van der Waals surface area contributed by atoms with Crippen LogP contribution in [0, 0.1) is 0 Å². The summed E-state index contributed by atoms with van der Waals surface area (Å²) in [5.41, 5.74) is 7.39. The number of rotatable bonds is 12. The molecule has 2 aliphatic rings. The summed E-state index contributed by atoms with van der Waals surface area (Å²) in [4.78, 5) is 71.7. The van der Waals surface area contributed by atoms with Gasteiger partial charge in [-0.05, 0) is 86.1 Å². The van der Waals surface area contributed by atoms with Crippen molar-refractivity contribution < 1.29 is 38.1 Å². The van der Waals surface area contributed by atoms with Crippen LogP contribution in [0.3, 0.4) is 0 Å². The lowest BCUT2D eigenvalue weighted by Gasteiger charge is -2.30. The minimum Gasteiger partial charge on any atom is -0.453 e. The second kappa shape index (κ2) is 17.2. The molecule has 0 spiro atoms. The maximum atomic E-state index is 13.7. The summed E-state index contributed by atoms with van der Waals surface area (Å²) >= 11 is 0. The molecule has 7 rings (SSSR count). The lowest BCUT2D eigenvalue weighted by Crippen LogP contribution is -2.54. The number of carbonyl (C=O) groups excluding carboxylic acids is 4. The van der Waals surface area contributed by atoms with Gasteiger partial charge in [-0.1, -0.05) is 36.4 Å². The van der Waals surface area contributed by atoms with Crippen LogP contribution < -0.4 is 10.6 Å². The molecule has 6 atom stereocenters. The van der Waals surface area contributed by atoms with Gasteiger partial charge in [-0.25, -0.2) is 19.6 Å². The number of ether oxygens (including phenoxy) is 4. The standard InChI is InChI=1S/C42H50N8O8/c1-23(55-3)35(47-41(53)57-5)39(51)49-19-7-9-33(49)37-43-29-17-15-27(21-31(29)45-37)25-11-13-26(14-12-25)28-16-18-30-32(22-28)46-38(44-30)34-10-8-20-50(34)40(52)36(24(2)56-4)48-42(54)58-6/h11-18,21-24,33-36H,7-10,19-20H2,1-6H3,(H,43,45)(H,44,46)(H,47,53)(H,48,54). The second-order valence-electron chi connectivity index (χ2n) is 14.8. The predicted molar refractivity (Wildman–Crippen MR) is 216 cm³/mol. The molecule has 4 heterocycles. The molecule has 16 heteroatoms. The van der Waals surface area contributed by atoms with Crippen LogP contribution in [0.15, 0.2) is 60.7 Å². The number of aromatic nitrogens is 4. The molecule has 3 aromatic carbocycles. The van der Waals surface area contributed by atoms with Crippen molar-refractivity contribution in [2.75, 3.05) is 41.5 Å². The molecule has 16 nitrogen and oxygen atoms in total. The van der Waals surface area contributed by atoms with Gasteiger partial charge in [-0.2, -0.15) is 0 Å². The third-order valence-electron chi connectivity index (χ3n) is 11.4. The lowest BCUT2D eigenvalue weighted by atomic mass is 10.00. The predicted octanol–water partition coefficient (Wildman–Crippen LogP) is 5.62. The first-order valence-electron chi connectivity index (χ1n) is 19.5. The molecule has 306 valence electrons. The number of alkyl carbamates (subject to hydrolysis) is 2. The largest absolute Gasteiger partial charge is 0.453 e. The summed E-state index contributed by atoms with van der Waals surface area (Å²) in [5, 5.41) is 5.26. The van der Waals surface area contributed by atoms with Crippen molar-refractivity contribution in [1.82, 2.24) is 40.4 Å². The second-order valence-corrected chi connectivity index (χ2v) is 14.8. The fraction of sp³-hybridized carbons (Fsp3) is 0.429. The summed E-state index contributed by atoms with van der Waals surface area (Å²) in [6.45, 7) is 4.54. The Morgan fingerprint density at radius 1 is 0.621 bits per heavy atom. The van der Waals surface area contributed by atoms with Gasteiger partial charge in [-0.15, -0.1) is 0 Å². The Kier molecular flexibility index (Phi) is 12.0. The molecule has 2 saturated heterocycles. The number of amides is 4. The zero-order valence-electron chi connectivity index (χ0n) is 33.5. The Balaban J connectivity index is 1.06. The van der Waals surface area contributed by atoms with Crippen molar-refractivity contribution in [3.63, 3.8) is 0 Å². The smallest absolute Gasteiger partial charge is 0.407 e. The maximum absolute atomic E-state index is 13.7. The number of nitrogens with zero attached hydrogens (tertiary/aromatic N) is 4. The average molecular weight is 795 g/mol. The molecule has 2 aliphatic heterocycles. The van der Waals surface area contributed by atoms with Gasteiger partial charge in [0.2, 0.25) is 11.8 Å². The van der Waals surface area contributed by atoms with E-state index in [1.807, 2.05) is 24.3 Å². The molecule has 4 amide bonds. The fourth-order valence-corrected chi connectivity index (χ4v) is 7.98. The van der Waals surface area contributed by atoms with E-state index in [1.54, 1.807) is 23.6 Å². The highest BCUT2D eigenvalue weighted by molar-refractivity contribution is 5.89. The van der Waals surface area contributed by atoms with Crippen molar-refractivity contribution in [2.45, 2.75) is 75.9 Å². The number of hydrogen-bond acceptors (Lipinski definition) is 10. The Labute approximate surface area is 336 Å². The Morgan fingerprint density at radius 3 is 1.36 bits per heavy atom. The van der Waals surface area contributed by atoms with Gasteiger partial charge in [0.1, 0.15) is 23.7 Å².